The molecule has 0 spiro atoms. The fourth-order valence-corrected chi connectivity index (χ4v) is 5.46. The number of hydrogen-bond acceptors (Lipinski definition) is 6. The van der Waals surface area contributed by atoms with Crippen molar-refractivity contribution in [2.45, 2.75) is 18.7 Å². The van der Waals surface area contributed by atoms with E-state index in [0.717, 1.165) is 22.2 Å². The predicted molar refractivity (Wildman–Crippen MR) is 119 cm³/mol. The molecule has 0 bridgehead atoms. The lowest BCUT2D eigenvalue weighted by atomic mass is 10.1. The van der Waals surface area contributed by atoms with Gasteiger partial charge in [0, 0.05) is 37.6 Å². The molecule has 9 nitrogen and oxygen atoms in total. The van der Waals surface area contributed by atoms with Crippen LogP contribution in [0.5, 0.6) is 0 Å². The van der Waals surface area contributed by atoms with E-state index in [0.29, 0.717) is 5.78 Å². The highest BCUT2D eigenvalue weighted by Crippen LogP contribution is 2.23. The Hall–Kier alpha value is -3.37. The number of nitrogens with zero attached hydrogens (tertiary/aromatic N) is 6. The molecule has 1 saturated heterocycles. The molecule has 0 radical (unpaired) electrons. The van der Waals surface area contributed by atoms with E-state index in [1.54, 1.807) is 21.5 Å². The van der Waals surface area contributed by atoms with Gasteiger partial charge in [-0.05, 0) is 42.8 Å². The maximum absolute atomic E-state index is 13.2. The van der Waals surface area contributed by atoms with Gasteiger partial charge in [0.1, 0.15) is 0 Å². The molecular weight excluding hydrogens is 428 g/mol. The van der Waals surface area contributed by atoms with Crippen molar-refractivity contribution in [3.8, 4) is 0 Å². The molecule has 0 saturated carbocycles. The number of amides is 1. The van der Waals surface area contributed by atoms with Crippen LogP contribution in [0, 0.1) is 13.8 Å². The van der Waals surface area contributed by atoms with Crippen molar-refractivity contribution in [1.29, 1.82) is 0 Å². The average molecular weight is 451 g/mol. The fourth-order valence-electron chi connectivity index (χ4n) is 4.01. The molecule has 4 aromatic rings. The molecule has 0 N–H and O–H groups in total. The van der Waals surface area contributed by atoms with Crippen molar-refractivity contribution < 1.29 is 13.2 Å². The summed E-state index contributed by atoms with van der Waals surface area (Å²) >= 11 is 0. The van der Waals surface area contributed by atoms with Crippen LogP contribution in [0.3, 0.4) is 0 Å². The van der Waals surface area contributed by atoms with E-state index < -0.39 is 10.0 Å². The molecule has 0 atom stereocenters. The number of carbonyl (C=O) groups excluding carboxylic acids is 1. The standard InChI is InChI=1S/C22H22N6O3S/c1-15-13-16(2)28-22(23-15)24-20(25-28)21(29)26-9-11-27(12-10-26)32(30,31)19-8-7-17-5-3-4-6-18(17)14-19/h3-8,13-14H,9-12H2,1-2H3. The highest BCUT2D eigenvalue weighted by Gasteiger charge is 2.32. The number of aromatic nitrogens is 4. The van der Waals surface area contributed by atoms with Crippen molar-refractivity contribution in [1.82, 2.24) is 28.8 Å². The fraction of sp³-hybridized carbons (Fsp3) is 0.273. The Bertz CT molecular complexity index is 1460. The smallest absolute Gasteiger partial charge is 0.293 e. The first-order valence-electron chi connectivity index (χ1n) is 10.3. The van der Waals surface area contributed by atoms with Crippen molar-refractivity contribution in [3.63, 3.8) is 0 Å². The van der Waals surface area contributed by atoms with E-state index in [1.807, 2.05) is 50.2 Å². The Balaban J connectivity index is 1.33. The number of sulfonamides is 1. The number of hydrogen-bond donors (Lipinski definition) is 0. The molecule has 1 aliphatic rings. The highest BCUT2D eigenvalue weighted by atomic mass is 32.2. The van der Waals surface area contributed by atoms with Crippen molar-refractivity contribution in [3.05, 3.63) is 65.7 Å². The van der Waals surface area contributed by atoms with E-state index in [4.69, 9.17) is 0 Å². The van der Waals surface area contributed by atoms with Crippen LogP contribution in [0.2, 0.25) is 0 Å². The van der Waals surface area contributed by atoms with Gasteiger partial charge in [-0.1, -0.05) is 30.3 Å². The maximum Gasteiger partial charge on any atom is 0.293 e. The van der Waals surface area contributed by atoms with Crippen LogP contribution >= 0.6 is 0 Å². The van der Waals surface area contributed by atoms with Gasteiger partial charge in [0.15, 0.2) is 0 Å². The minimum Gasteiger partial charge on any atom is -0.333 e. The van der Waals surface area contributed by atoms with Crippen LogP contribution in [-0.2, 0) is 10.0 Å². The number of piperazine rings is 1. The van der Waals surface area contributed by atoms with Gasteiger partial charge in [-0.15, -0.1) is 5.10 Å². The van der Waals surface area contributed by atoms with Crippen LogP contribution < -0.4 is 0 Å². The Labute approximate surface area is 185 Å². The van der Waals surface area contributed by atoms with Crippen molar-refractivity contribution >= 4 is 32.5 Å². The summed E-state index contributed by atoms with van der Waals surface area (Å²) in [6.45, 7) is 4.70. The SMILES string of the molecule is Cc1cc(C)n2nc(C(=O)N3CCN(S(=O)(=O)c4ccc5ccccc5c4)CC3)nc2n1. The van der Waals surface area contributed by atoms with Crippen molar-refractivity contribution in [2.75, 3.05) is 26.2 Å². The van der Waals surface area contributed by atoms with E-state index in [-0.39, 0.29) is 42.8 Å². The summed E-state index contributed by atoms with van der Waals surface area (Å²) in [5.74, 6) is 0.121. The quantitative estimate of drug-likeness (QED) is 0.474. The third-order valence-electron chi connectivity index (χ3n) is 5.69. The van der Waals surface area contributed by atoms with E-state index in [2.05, 4.69) is 15.1 Å². The zero-order chi connectivity index (χ0) is 22.5. The van der Waals surface area contributed by atoms with Gasteiger partial charge in [0.2, 0.25) is 15.8 Å². The Morgan fingerprint density at radius 2 is 1.62 bits per heavy atom. The van der Waals surface area contributed by atoms with E-state index in [1.165, 1.54) is 4.31 Å². The van der Waals surface area contributed by atoms with Gasteiger partial charge < -0.3 is 4.90 Å². The molecule has 0 aliphatic carbocycles. The Kier molecular flexibility index (Phi) is 4.90. The van der Waals surface area contributed by atoms with E-state index in [9.17, 15) is 13.2 Å². The summed E-state index contributed by atoms with van der Waals surface area (Å²) in [5.41, 5.74) is 1.64. The largest absolute Gasteiger partial charge is 0.333 e. The molecule has 164 valence electrons. The second-order valence-corrected chi connectivity index (χ2v) is 9.83. The first-order chi connectivity index (χ1) is 15.3. The summed E-state index contributed by atoms with van der Waals surface area (Å²) in [5, 5.41) is 6.16. The molecule has 0 unspecified atom stereocenters. The van der Waals surface area contributed by atoms with Gasteiger partial charge >= 0.3 is 0 Å². The van der Waals surface area contributed by atoms with Gasteiger partial charge in [0.25, 0.3) is 11.7 Å². The summed E-state index contributed by atoms with van der Waals surface area (Å²) in [7, 11) is -3.65. The zero-order valence-electron chi connectivity index (χ0n) is 17.8. The highest BCUT2D eigenvalue weighted by molar-refractivity contribution is 7.89. The molecule has 32 heavy (non-hydrogen) atoms. The average Bonchev–Trinajstić information content (AvgIpc) is 3.23. The second kappa shape index (κ2) is 7.64. The molecular formula is C22H22N6O3S. The molecule has 3 heterocycles. The first kappa shape index (κ1) is 20.5. The summed E-state index contributed by atoms with van der Waals surface area (Å²) < 4.78 is 29.3. The number of rotatable bonds is 3. The van der Waals surface area contributed by atoms with Crippen LogP contribution in [-0.4, -0.2) is 69.3 Å². The monoisotopic (exact) mass is 450 g/mol. The molecule has 2 aromatic heterocycles. The summed E-state index contributed by atoms with van der Waals surface area (Å²) in [6, 6.07) is 14.7. The maximum atomic E-state index is 13.2. The van der Waals surface area contributed by atoms with Crippen LogP contribution in [0.4, 0.5) is 0 Å². The molecule has 1 fully saturated rings. The first-order valence-corrected chi connectivity index (χ1v) is 11.8. The predicted octanol–water partition coefficient (Wildman–Crippen LogP) is 2.04. The minimum absolute atomic E-state index is 0.0667. The number of carbonyl (C=O) groups is 1. The molecule has 5 rings (SSSR count). The van der Waals surface area contributed by atoms with Crippen LogP contribution in [0.1, 0.15) is 22.0 Å². The topological polar surface area (TPSA) is 101 Å². The molecule has 1 amide bonds. The minimum atomic E-state index is -3.65. The van der Waals surface area contributed by atoms with Gasteiger partial charge in [0.05, 0.1) is 4.90 Å². The summed E-state index contributed by atoms with van der Waals surface area (Å²) in [4.78, 5) is 23.4. The van der Waals surface area contributed by atoms with E-state index >= 15 is 0 Å². The summed E-state index contributed by atoms with van der Waals surface area (Å²) in [6.07, 6.45) is 0. The third-order valence-corrected chi connectivity index (χ3v) is 7.59. The lowest BCUT2D eigenvalue weighted by Crippen LogP contribution is -2.50. The number of aryl methyl sites for hydroxylation is 2. The number of benzene rings is 2. The van der Waals surface area contributed by atoms with Crippen molar-refractivity contribution in [2.24, 2.45) is 0 Å². The lowest BCUT2D eigenvalue weighted by Gasteiger charge is -2.33. The molecule has 1 aliphatic heterocycles. The Morgan fingerprint density at radius 3 is 2.38 bits per heavy atom. The molecule has 10 heteroatoms. The second-order valence-electron chi connectivity index (χ2n) is 7.89. The normalized spacial score (nSPS) is 15.5. The lowest BCUT2D eigenvalue weighted by molar-refractivity contribution is 0.0686. The van der Waals surface area contributed by atoms with Crippen LogP contribution in [0.25, 0.3) is 16.6 Å². The van der Waals surface area contributed by atoms with Gasteiger partial charge in [-0.3, -0.25) is 4.79 Å². The number of fused-ring (bicyclic) bond motifs is 2. The Morgan fingerprint density at radius 1 is 0.906 bits per heavy atom. The van der Waals surface area contributed by atoms with Gasteiger partial charge in [-0.25, -0.2) is 17.9 Å². The van der Waals surface area contributed by atoms with Gasteiger partial charge in [-0.2, -0.15) is 9.29 Å². The van der Waals surface area contributed by atoms with Crippen LogP contribution in [0.15, 0.2) is 53.4 Å². The zero-order valence-corrected chi connectivity index (χ0v) is 18.6. The molecule has 2 aromatic carbocycles. The third kappa shape index (κ3) is 3.51.